The van der Waals surface area contributed by atoms with Crippen molar-refractivity contribution in [3.05, 3.63) is 23.5 Å². The molecule has 0 aromatic heterocycles. The number of carbonyl (C=O) groups is 1. The van der Waals surface area contributed by atoms with Crippen molar-refractivity contribution in [1.29, 1.82) is 0 Å². The van der Waals surface area contributed by atoms with Crippen LogP contribution >= 0.6 is 0 Å². The molecule has 19 heavy (non-hydrogen) atoms. The molecule has 1 rings (SSSR count). The molecule has 0 unspecified atom stereocenters. The molecule has 0 amide bonds. The number of aromatic carboxylic acids is 1. The van der Waals surface area contributed by atoms with Gasteiger partial charge >= 0.3 is 5.97 Å². The van der Waals surface area contributed by atoms with Gasteiger partial charge in [-0.05, 0) is 18.6 Å². The molecule has 0 atom stereocenters. The molecule has 0 radical (unpaired) electrons. The largest absolute Gasteiger partial charge is 0.478 e. The number of carboxylic acid groups (broad SMARTS) is 1. The second-order valence-corrected chi connectivity index (χ2v) is 5.61. The van der Waals surface area contributed by atoms with Crippen LogP contribution in [0.25, 0.3) is 0 Å². The summed E-state index contributed by atoms with van der Waals surface area (Å²) in [5, 5.41) is 16.2. The maximum atomic E-state index is 13.5. The maximum absolute atomic E-state index is 13.5. The Morgan fingerprint density at radius 2 is 2.05 bits per heavy atom. The molecular formula is C10H14FN3O4S. The van der Waals surface area contributed by atoms with Crippen LogP contribution in [0.4, 0.5) is 15.8 Å². The number of nitrogen functional groups attached to an aromatic ring is 1. The molecule has 7 nitrogen and oxygen atoms in total. The highest BCUT2D eigenvalue weighted by Crippen LogP contribution is 2.22. The molecule has 0 aliphatic heterocycles. The molecule has 0 fully saturated rings. The quantitative estimate of drug-likeness (QED) is 0.436. The fourth-order valence-corrected chi connectivity index (χ4v) is 1.95. The standard InChI is InChI=1S/C10H14FN3O4S/c11-7-5-8(12)6(10(15)16)4-9(7)14-2-1-3-19(13,17)18/h4-5,14H,1-3,12H2,(H,15,16)(H2,13,17,18). The van der Waals surface area contributed by atoms with Crippen LogP contribution in [0.3, 0.4) is 0 Å². The number of carboxylic acids is 1. The topological polar surface area (TPSA) is 136 Å². The Hall–Kier alpha value is -1.87. The summed E-state index contributed by atoms with van der Waals surface area (Å²) >= 11 is 0. The van der Waals surface area contributed by atoms with E-state index in [2.05, 4.69) is 5.32 Å². The molecule has 0 saturated carbocycles. The molecule has 9 heteroatoms. The number of halogens is 1. The first-order valence-corrected chi connectivity index (χ1v) is 6.99. The van der Waals surface area contributed by atoms with E-state index in [9.17, 15) is 17.6 Å². The molecule has 0 heterocycles. The summed E-state index contributed by atoms with van der Waals surface area (Å²) in [5.74, 6) is -2.23. The normalized spacial score (nSPS) is 11.3. The SMILES string of the molecule is Nc1cc(F)c(NCCCS(N)(=O)=O)cc1C(=O)O. The van der Waals surface area contributed by atoms with Gasteiger partial charge in [0.2, 0.25) is 10.0 Å². The smallest absolute Gasteiger partial charge is 0.337 e. The average Bonchev–Trinajstić information content (AvgIpc) is 2.24. The molecule has 6 N–H and O–H groups in total. The molecule has 1 aromatic rings. The molecule has 0 bridgehead atoms. The molecule has 0 aliphatic carbocycles. The molecular weight excluding hydrogens is 277 g/mol. The van der Waals surface area contributed by atoms with E-state index in [1.165, 1.54) is 0 Å². The van der Waals surface area contributed by atoms with Crippen LogP contribution in [0.5, 0.6) is 0 Å². The van der Waals surface area contributed by atoms with Gasteiger partial charge in [-0.15, -0.1) is 0 Å². The highest BCUT2D eigenvalue weighted by atomic mass is 32.2. The van der Waals surface area contributed by atoms with Gasteiger partial charge in [0.25, 0.3) is 0 Å². The highest BCUT2D eigenvalue weighted by molar-refractivity contribution is 7.89. The van der Waals surface area contributed by atoms with E-state index >= 15 is 0 Å². The zero-order chi connectivity index (χ0) is 14.6. The Kier molecular flexibility index (Phi) is 4.67. The van der Waals surface area contributed by atoms with Crippen molar-refractivity contribution in [1.82, 2.24) is 0 Å². The minimum absolute atomic E-state index is 0.0546. The first kappa shape index (κ1) is 15.2. The van der Waals surface area contributed by atoms with Gasteiger partial charge in [0.05, 0.1) is 17.0 Å². The highest BCUT2D eigenvalue weighted by Gasteiger charge is 2.13. The van der Waals surface area contributed by atoms with Gasteiger partial charge in [0, 0.05) is 12.2 Å². The summed E-state index contributed by atoms with van der Waals surface area (Å²) in [5.41, 5.74) is 4.90. The van der Waals surface area contributed by atoms with E-state index in [4.69, 9.17) is 16.0 Å². The molecule has 1 aromatic carbocycles. The Labute approximate surface area is 109 Å². The number of anilines is 2. The lowest BCUT2D eigenvalue weighted by molar-refractivity contribution is 0.0698. The van der Waals surface area contributed by atoms with E-state index in [0.29, 0.717) is 0 Å². The van der Waals surface area contributed by atoms with Gasteiger partial charge in [-0.3, -0.25) is 0 Å². The third-order valence-corrected chi connectivity index (χ3v) is 3.15. The van der Waals surface area contributed by atoms with Crippen molar-refractivity contribution >= 4 is 27.4 Å². The Morgan fingerprint density at radius 1 is 1.42 bits per heavy atom. The van der Waals surface area contributed by atoms with E-state index in [-0.39, 0.29) is 35.7 Å². The van der Waals surface area contributed by atoms with E-state index < -0.39 is 21.8 Å². The summed E-state index contributed by atoms with van der Waals surface area (Å²) in [7, 11) is -3.56. The zero-order valence-corrected chi connectivity index (χ0v) is 10.7. The van der Waals surface area contributed by atoms with Crippen LogP contribution in [0, 0.1) is 5.82 Å². The van der Waals surface area contributed by atoms with E-state index in [0.717, 1.165) is 12.1 Å². The van der Waals surface area contributed by atoms with Crippen LogP contribution in [0.15, 0.2) is 12.1 Å². The second-order valence-electron chi connectivity index (χ2n) is 3.87. The lowest BCUT2D eigenvalue weighted by Gasteiger charge is -2.09. The van der Waals surface area contributed by atoms with Crippen molar-refractivity contribution < 1.29 is 22.7 Å². The number of sulfonamides is 1. The van der Waals surface area contributed by atoms with Gasteiger partial charge < -0.3 is 16.2 Å². The molecule has 106 valence electrons. The van der Waals surface area contributed by atoms with Crippen molar-refractivity contribution in [3.8, 4) is 0 Å². The zero-order valence-electron chi connectivity index (χ0n) is 9.89. The number of hydrogen-bond donors (Lipinski definition) is 4. The summed E-state index contributed by atoms with van der Waals surface area (Å²) in [4.78, 5) is 10.8. The lowest BCUT2D eigenvalue weighted by Crippen LogP contribution is -2.19. The van der Waals surface area contributed by atoms with Gasteiger partial charge in [-0.25, -0.2) is 22.7 Å². The average molecular weight is 291 g/mol. The molecule has 0 spiro atoms. The Morgan fingerprint density at radius 3 is 2.58 bits per heavy atom. The van der Waals surface area contributed by atoms with E-state index in [1.54, 1.807) is 0 Å². The number of nitrogens with two attached hydrogens (primary N) is 2. The first-order chi connectivity index (χ1) is 8.70. The number of hydrogen-bond acceptors (Lipinski definition) is 5. The van der Waals surface area contributed by atoms with Crippen molar-refractivity contribution in [2.24, 2.45) is 5.14 Å². The number of benzene rings is 1. The fraction of sp³-hybridized carbons (Fsp3) is 0.300. The molecule has 0 aliphatic rings. The Balaban J connectivity index is 2.73. The minimum atomic E-state index is -3.56. The summed E-state index contributed by atoms with van der Waals surface area (Å²) in [6.07, 6.45) is 0.172. The van der Waals surface area contributed by atoms with Crippen LogP contribution in [0.2, 0.25) is 0 Å². The third-order valence-electron chi connectivity index (χ3n) is 2.29. The van der Waals surface area contributed by atoms with Gasteiger partial charge in [-0.2, -0.15) is 0 Å². The summed E-state index contributed by atoms with van der Waals surface area (Å²) in [6.45, 7) is 0.135. The number of rotatable bonds is 6. The van der Waals surface area contributed by atoms with Gasteiger partial charge in [0.1, 0.15) is 5.82 Å². The lowest BCUT2D eigenvalue weighted by atomic mass is 10.1. The van der Waals surface area contributed by atoms with Crippen LogP contribution in [0.1, 0.15) is 16.8 Å². The van der Waals surface area contributed by atoms with Crippen molar-refractivity contribution in [3.63, 3.8) is 0 Å². The monoisotopic (exact) mass is 291 g/mol. The predicted octanol–water partition coefficient (Wildman–Crippen LogP) is 0.197. The second kappa shape index (κ2) is 5.85. The van der Waals surface area contributed by atoms with Gasteiger partial charge in [-0.1, -0.05) is 0 Å². The number of nitrogens with one attached hydrogen (secondary N) is 1. The van der Waals surface area contributed by atoms with E-state index in [1.807, 2.05) is 0 Å². The first-order valence-electron chi connectivity index (χ1n) is 5.27. The maximum Gasteiger partial charge on any atom is 0.337 e. The summed E-state index contributed by atoms with van der Waals surface area (Å²) in [6, 6.07) is 1.95. The number of primary sulfonamides is 1. The van der Waals surface area contributed by atoms with Crippen LogP contribution in [-0.4, -0.2) is 31.8 Å². The summed E-state index contributed by atoms with van der Waals surface area (Å²) < 4.78 is 34.8. The van der Waals surface area contributed by atoms with Crippen LogP contribution in [-0.2, 0) is 10.0 Å². The van der Waals surface area contributed by atoms with Gasteiger partial charge in [0.15, 0.2) is 0 Å². The Bertz CT molecular complexity index is 589. The van der Waals surface area contributed by atoms with Crippen LogP contribution < -0.4 is 16.2 Å². The van der Waals surface area contributed by atoms with Crippen molar-refractivity contribution in [2.45, 2.75) is 6.42 Å². The minimum Gasteiger partial charge on any atom is -0.478 e. The predicted molar refractivity (Wildman–Crippen MR) is 68.9 cm³/mol. The fourth-order valence-electron chi connectivity index (χ4n) is 1.41. The third kappa shape index (κ3) is 4.72. The molecule has 0 saturated heterocycles. The van der Waals surface area contributed by atoms with Crippen molar-refractivity contribution in [2.75, 3.05) is 23.3 Å².